The van der Waals surface area contributed by atoms with Crippen molar-refractivity contribution in [1.29, 1.82) is 0 Å². The first-order valence-electron chi connectivity index (χ1n) is 7.62. The molecule has 2 aromatic rings. The largest absolute Gasteiger partial charge is 0.435 e. The first kappa shape index (κ1) is 19.1. The molecule has 0 unspecified atom stereocenters. The van der Waals surface area contributed by atoms with E-state index in [4.69, 9.17) is 11.6 Å². The van der Waals surface area contributed by atoms with Crippen LogP contribution in [0, 0.1) is 6.92 Å². The van der Waals surface area contributed by atoms with Crippen LogP contribution in [-0.4, -0.2) is 31.0 Å². The van der Waals surface area contributed by atoms with Gasteiger partial charge in [0.05, 0.1) is 6.54 Å². The zero-order chi connectivity index (χ0) is 18.4. The fourth-order valence-electron chi connectivity index (χ4n) is 2.26. The lowest BCUT2D eigenvalue weighted by Crippen LogP contribution is -2.29. The van der Waals surface area contributed by atoms with E-state index < -0.39 is 6.61 Å². The number of amides is 1. The zero-order valence-electron chi connectivity index (χ0n) is 13.9. The Morgan fingerprint density at radius 3 is 2.52 bits per heavy atom. The summed E-state index contributed by atoms with van der Waals surface area (Å²) in [4.78, 5) is 13.9. The van der Waals surface area contributed by atoms with E-state index in [-0.39, 0.29) is 18.2 Å². The summed E-state index contributed by atoms with van der Waals surface area (Å²) < 4.78 is 28.5. The SMILES string of the molecule is Cc1ccc(NC(=O)CN(C)Cc2ccc(OC(F)F)cc2)cc1Cl. The van der Waals surface area contributed by atoms with Gasteiger partial charge in [-0.25, -0.2) is 0 Å². The number of aryl methyl sites for hydroxylation is 1. The molecule has 0 heterocycles. The minimum Gasteiger partial charge on any atom is -0.435 e. The quantitative estimate of drug-likeness (QED) is 0.791. The van der Waals surface area contributed by atoms with Gasteiger partial charge in [-0.05, 0) is 49.4 Å². The molecule has 0 fully saturated rings. The van der Waals surface area contributed by atoms with Crippen LogP contribution in [0.3, 0.4) is 0 Å². The van der Waals surface area contributed by atoms with Gasteiger partial charge in [-0.2, -0.15) is 8.78 Å². The van der Waals surface area contributed by atoms with E-state index in [2.05, 4.69) is 10.1 Å². The van der Waals surface area contributed by atoms with E-state index in [0.717, 1.165) is 11.1 Å². The Morgan fingerprint density at radius 1 is 1.24 bits per heavy atom. The van der Waals surface area contributed by atoms with Crippen molar-refractivity contribution >= 4 is 23.2 Å². The molecule has 0 saturated heterocycles. The van der Waals surface area contributed by atoms with E-state index >= 15 is 0 Å². The molecule has 0 atom stereocenters. The molecule has 0 radical (unpaired) electrons. The molecular formula is C18H19ClF2N2O2. The number of hydrogen-bond acceptors (Lipinski definition) is 3. The third-order valence-electron chi connectivity index (χ3n) is 3.47. The highest BCUT2D eigenvalue weighted by Gasteiger charge is 2.09. The van der Waals surface area contributed by atoms with Crippen molar-refractivity contribution in [3.8, 4) is 5.75 Å². The topological polar surface area (TPSA) is 41.6 Å². The summed E-state index contributed by atoms with van der Waals surface area (Å²) in [5.41, 5.74) is 2.47. The smallest absolute Gasteiger partial charge is 0.387 e. The maximum Gasteiger partial charge on any atom is 0.387 e. The number of halogens is 3. The Morgan fingerprint density at radius 2 is 1.92 bits per heavy atom. The monoisotopic (exact) mass is 368 g/mol. The summed E-state index contributed by atoms with van der Waals surface area (Å²) in [7, 11) is 1.80. The first-order valence-corrected chi connectivity index (χ1v) is 7.99. The molecule has 0 aliphatic rings. The van der Waals surface area contributed by atoms with Crippen LogP contribution >= 0.6 is 11.6 Å². The van der Waals surface area contributed by atoms with E-state index in [1.165, 1.54) is 12.1 Å². The molecule has 2 aromatic carbocycles. The number of carbonyl (C=O) groups is 1. The number of carbonyl (C=O) groups excluding carboxylic acids is 1. The number of benzene rings is 2. The molecule has 1 N–H and O–H groups in total. The zero-order valence-corrected chi connectivity index (χ0v) is 14.7. The Kier molecular flexibility index (Phi) is 6.73. The van der Waals surface area contributed by atoms with Gasteiger partial charge in [-0.3, -0.25) is 9.69 Å². The molecule has 134 valence electrons. The van der Waals surface area contributed by atoms with Crippen molar-refractivity contribution in [2.24, 2.45) is 0 Å². The van der Waals surface area contributed by atoms with Crippen LogP contribution in [0.1, 0.15) is 11.1 Å². The third kappa shape index (κ3) is 6.32. The molecule has 1 amide bonds. The van der Waals surface area contributed by atoms with Crippen molar-refractivity contribution in [2.75, 3.05) is 18.9 Å². The lowest BCUT2D eigenvalue weighted by Gasteiger charge is -2.17. The third-order valence-corrected chi connectivity index (χ3v) is 3.88. The van der Waals surface area contributed by atoms with Crippen molar-refractivity contribution in [3.63, 3.8) is 0 Å². The second-order valence-corrected chi connectivity index (χ2v) is 6.11. The molecule has 2 rings (SSSR count). The average Bonchev–Trinajstić information content (AvgIpc) is 2.52. The minimum absolute atomic E-state index is 0.107. The van der Waals surface area contributed by atoms with Crippen LogP contribution in [0.15, 0.2) is 42.5 Å². The van der Waals surface area contributed by atoms with Crippen molar-refractivity contribution in [3.05, 3.63) is 58.6 Å². The predicted molar refractivity (Wildman–Crippen MR) is 94.2 cm³/mol. The van der Waals surface area contributed by atoms with Crippen LogP contribution in [0.25, 0.3) is 0 Å². The highest BCUT2D eigenvalue weighted by Crippen LogP contribution is 2.20. The summed E-state index contributed by atoms with van der Waals surface area (Å²) in [5.74, 6) is -0.0598. The van der Waals surface area contributed by atoms with E-state index in [1.807, 2.05) is 17.9 Å². The summed E-state index contributed by atoms with van der Waals surface area (Å²) in [6.45, 7) is -0.274. The maximum atomic E-state index is 12.1. The van der Waals surface area contributed by atoms with Crippen LogP contribution < -0.4 is 10.1 Å². The van der Waals surface area contributed by atoms with Crippen LogP contribution in [-0.2, 0) is 11.3 Å². The molecular weight excluding hydrogens is 350 g/mol. The normalized spacial score (nSPS) is 11.0. The number of nitrogens with zero attached hydrogens (tertiary/aromatic N) is 1. The second kappa shape index (κ2) is 8.78. The summed E-state index contributed by atoms with van der Waals surface area (Å²) >= 11 is 6.04. The molecule has 0 aliphatic carbocycles. The molecule has 0 aromatic heterocycles. The number of anilines is 1. The number of ether oxygens (including phenoxy) is 1. The van der Waals surface area contributed by atoms with Gasteiger partial charge in [0.2, 0.25) is 5.91 Å². The number of likely N-dealkylation sites (N-methyl/N-ethyl adjacent to an activating group) is 1. The predicted octanol–water partition coefficient (Wildman–Crippen LogP) is 4.32. The lowest BCUT2D eigenvalue weighted by molar-refractivity contribution is -0.117. The Bertz CT molecular complexity index is 724. The van der Waals surface area contributed by atoms with Gasteiger partial charge in [0.1, 0.15) is 5.75 Å². The van der Waals surface area contributed by atoms with Gasteiger partial charge in [-0.15, -0.1) is 0 Å². The fraction of sp³-hybridized carbons (Fsp3) is 0.278. The van der Waals surface area contributed by atoms with Gasteiger partial charge >= 0.3 is 6.61 Å². The standard InChI is InChI=1S/C18H19ClF2N2O2/c1-12-3-6-14(9-16(12)19)22-17(24)11-23(2)10-13-4-7-15(8-5-13)25-18(20)21/h3-9,18H,10-11H2,1-2H3,(H,22,24). The Balaban J connectivity index is 1.85. The average molecular weight is 369 g/mol. The van der Waals surface area contributed by atoms with E-state index in [9.17, 15) is 13.6 Å². The van der Waals surface area contributed by atoms with Gasteiger partial charge < -0.3 is 10.1 Å². The van der Waals surface area contributed by atoms with E-state index in [0.29, 0.717) is 17.3 Å². The molecule has 25 heavy (non-hydrogen) atoms. The molecule has 7 heteroatoms. The maximum absolute atomic E-state index is 12.1. The summed E-state index contributed by atoms with van der Waals surface area (Å²) in [6, 6.07) is 11.7. The van der Waals surface area contributed by atoms with Crippen molar-refractivity contribution in [1.82, 2.24) is 4.90 Å². The minimum atomic E-state index is -2.84. The molecule has 0 spiro atoms. The number of rotatable bonds is 7. The first-order chi connectivity index (χ1) is 11.8. The highest BCUT2D eigenvalue weighted by atomic mass is 35.5. The highest BCUT2D eigenvalue weighted by molar-refractivity contribution is 6.31. The van der Waals surface area contributed by atoms with Crippen molar-refractivity contribution in [2.45, 2.75) is 20.1 Å². The van der Waals surface area contributed by atoms with Crippen LogP contribution in [0.2, 0.25) is 5.02 Å². The van der Waals surface area contributed by atoms with Crippen LogP contribution in [0.4, 0.5) is 14.5 Å². The van der Waals surface area contributed by atoms with Gasteiger partial charge in [-0.1, -0.05) is 29.8 Å². The second-order valence-electron chi connectivity index (χ2n) is 5.71. The number of nitrogens with one attached hydrogen (secondary N) is 1. The molecule has 4 nitrogen and oxygen atoms in total. The van der Waals surface area contributed by atoms with Crippen molar-refractivity contribution < 1.29 is 18.3 Å². The van der Waals surface area contributed by atoms with Gasteiger partial charge in [0.25, 0.3) is 0 Å². The Labute approximate surface area is 150 Å². The molecule has 0 bridgehead atoms. The molecule has 0 saturated carbocycles. The van der Waals surface area contributed by atoms with Gasteiger partial charge in [0, 0.05) is 17.3 Å². The number of alkyl halides is 2. The fourth-order valence-corrected chi connectivity index (χ4v) is 2.44. The van der Waals surface area contributed by atoms with E-state index in [1.54, 1.807) is 31.3 Å². The summed E-state index contributed by atoms with van der Waals surface area (Å²) in [6.07, 6.45) is 0. The molecule has 0 aliphatic heterocycles. The Hall–Kier alpha value is -2.18. The number of hydrogen-bond donors (Lipinski definition) is 1. The van der Waals surface area contributed by atoms with Gasteiger partial charge in [0.15, 0.2) is 0 Å². The summed E-state index contributed by atoms with van der Waals surface area (Å²) in [5, 5.41) is 3.38. The lowest BCUT2D eigenvalue weighted by atomic mass is 10.2. The van der Waals surface area contributed by atoms with Crippen LogP contribution in [0.5, 0.6) is 5.75 Å².